The molecule has 1 saturated heterocycles. The van der Waals surface area contributed by atoms with Crippen LogP contribution in [0.25, 0.3) is 0 Å². The first-order chi connectivity index (χ1) is 7.70. The van der Waals surface area contributed by atoms with Crippen molar-refractivity contribution >= 4 is 5.69 Å². The molecule has 2 atom stereocenters. The summed E-state index contributed by atoms with van der Waals surface area (Å²) in [5.74, 6) is 0. The van der Waals surface area contributed by atoms with E-state index >= 15 is 0 Å². The van der Waals surface area contributed by atoms with Crippen molar-refractivity contribution in [1.82, 2.24) is 0 Å². The first-order valence-corrected chi connectivity index (χ1v) is 5.99. The summed E-state index contributed by atoms with van der Waals surface area (Å²) in [4.78, 5) is 2.21. The Morgan fingerprint density at radius 1 is 1.44 bits per heavy atom. The zero-order valence-electron chi connectivity index (χ0n) is 9.76. The molecule has 16 heavy (non-hydrogen) atoms. The number of β-amino-alcohol motifs (C(OH)–C–C–N with tert-alkyl or cyclic N) is 1. The average Bonchev–Trinajstić information content (AvgIpc) is 2.75. The maximum absolute atomic E-state index is 9.48. The molecule has 1 aromatic carbocycles. The topological polar surface area (TPSA) is 49.5 Å². The van der Waals surface area contributed by atoms with Crippen molar-refractivity contribution in [3.63, 3.8) is 0 Å². The fourth-order valence-electron chi connectivity index (χ4n) is 2.14. The van der Waals surface area contributed by atoms with Crippen molar-refractivity contribution in [2.75, 3.05) is 18.0 Å². The lowest BCUT2D eigenvalue weighted by Gasteiger charge is -2.19. The SMILES string of the molecule is CC[C@@H](N)c1ccc(N2CCC(O)C2)cc1. The molecule has 1 aliphatic heterocycles. The third kappa shape index (κ3) is 2.36. The summed E-state index contributed by atoms with van der Waals surface area (Å²) in [6.45, 7) is 3.79. The van der Waals surface area contributed by atoms with Gasteiger partial charge in [-0.2, -0.15) is 0 Å². The number of aliphatic hydroxyl groups excluding tert-OH is 1. The van der Waals surface area contributed by atoms with Crippen LogP contribution in [0.15, 0.2) is 24.3 Å². The van der Waals surface area contributed by atoms with Gasteiger partial charge in [0.2, 0.25) is 0 Å². The molecule has 3 heteroatoms. The van der Waals surface area contributed by atoms with Crippen molar-refractivity contribution in [2.24, 2.45) is 5.73 Å². The molecule has 2 rings (SSSR count). The van der Waals surface area contributed by atoms with Crippen molar-refractivity contribution < 1.29 is 5.11 Å². The highest BCUT2D eigenvalue weighted by molar-refractivity contribution is 5.49. The number of nitrogens with zero attached hydrogens (tertiary/aromatic N) is 1. The van der Waals surface area contributed by atoms with Gasteiger partial charge in [0.1, 0.15) is 0 Å². The van der Waals surface area contributed by atoms with E-state index in [1.165, 1.54) is 11.3 Å². The molecule has 3 N–H and O–H groups in total. The molecule has 1 aliphatic rings. The second-order valence-corrected chi connectivity index (χ2v) is 4.49. The number of hydrogen-bond donors (Lipinski definition) is 2. The third-order valence-corrected chi connectivity index (χ3v) is 3.29. The second kappa shape index (κ2) is 4.85. The molecular formula is C13H20N2O. The van der Waals surface area contributed by atoms with E-state index in [2.05, 4.69) is 36.1 Å². The van der Waals surface area contributed by atoms with E-state index in [0.717, 1.165) is 25.9 Å². The van der Waals surface area contributed by atoms with Gasteiger partial charge < -0.3 is 15.7 Å². The van der Waals surface area contributed by atoms with Gasteiger partial charge in [0.25, 0.3) is 0 Å². The molecule has 1 unspecified atom stereocenters. The van der Waals surface area contributed by atoms with Crippen molar-refractivity contribution in [3.05, 3.63) is 29.8 Å². The Morgan fingerprint density at radius 2 is 2.12 bits per heavy atom. The molecule has 0 aromatic heterocycles. The van der Waals surface area contributed by atoms with Gasteiger partial charge in [0.15, 0.2) is 0 Å². The number of aliphatic hydroxyl groups is 1. The minimum Gasteiger partial charge on any atom is -0.391 e. The van der Waals surface area contributed by atoms with Gasteiger partial charge in [-0.3, -0.25) is 0 Å². The summed E-state index contributed by atoms with van der Waals surface area (Å²) < 4.78 is 0. The summed E-state index contributed by atoms with van der Waals surface area (Å²) in [6, 6.07) is 8.52. The molecule has 3 nitrogen and oxygen atoms in total. The molecular weight excluding hydrogens is 200 g/mol. The Morgan fingerprint density at radius 3 is 2.62 bits per heavy atom. The van der Waals surface area contributed by atoms with E-state index in [0.29, 0.717) is 0 Å². The van der Waals surface area contributed by atoms with E-state index in [-0.39, 0.29) is 12.1 Å². The lowest BCUT2D eigenvalue weighted by atomic mass is 10.1. The van der Waals surface area contributed by atoms with Crippen LogP contribution in [0.3, 0.4) is 0 Å². The highest BCUT2D eigenvalue weighted by Crippen LogP contribution is 2.23. The van der Waals surface area contributed by atoms with Crippen LogP contribution < -0.4 is 10.6 Å². The van der Waals surface area contributed by atoms with Gasteiger partial charge in [-0.05, 0) is 30.5 Å². The molecule has 0 aliphatic carbocycles. The highest BCUT2D eigenvalue weighted by atomic mass is 16.3. The van der Waals surface area contributed by atoms with Gasteiger partial charge in [0.05, 0.1) is 6.10 Å². The third-order valence-electron chi connectivity index (χ3n) is 3.29. The fourth-order valence-corrected chi connectivity index (χ4v) is 2.14. The summed E-state index contributed by atoms with van der Waals surface area (Å²) in [6.07, 6.45) is 1.66. The van der Waals surface area contributed by atoms with Gasteiger partial charge in [-0.1, -0.05) is 19.1 Å². The molecule has 1 fully saturated rings. The van der Waals surface area contributed by atoms with E-state index in [4.69, 9.17) is 5.73 Å². The minimum absolute atomic E-state index is 0.137. The van der Waals surface area contributed by atoms with Crippen LogP contribution in [0.2, 0.25) is 0 Å². The Kier molecular flexibility index (Phi) is 3.46. The number of nitrogens with two attached hydrogens (primary N) is 1. The molecule has 0 bridgehead atoms. The van der Waals surface area contributed by atoms with Crippen LogP contribution >= 0.6 is 0 Å². The average molecular weight is 220 g/mol. The Labute approximate surface area is 96.9 Å². The van der Waals surface area contributed by atoms with Crippen LogP contribution in [0.1, 0.15) is 31.4 Å². The molecule has 88 valence electrons. The van der Waals surface area contributed by atoms with Gasteiger partial charge in [-0.25, -0.2) is 0 Å². The first-order valence-electron chi connectivity index (χ1n) is 5.99. The standard InChI is InChI=1S/C13H20N2O/c1-2-13(14)10-3-5-11(6-4-10)15-8-7-12(16)9-15/h3-6,12-13,16H,2,7-9,14H2,1H3/t12?,13-/m1/s1. The zero-order valence-corrected chi connectivity index (χ0v) is 9.76. The smallest absolute Gasteiger partial charge is 0.0731 e. The fraction of sp³-hybridized carbons (Fsp3) is 0.538. The Balaban J connectivity index is 2.07. The van der Waals surface area contributed by atoms with Crippen LogP contribution in [-0.4, -0.2) is 24.3 Å². The summed E-state index contributed by atoms with van der Waals surface area (Å²) >= 11 is 0. The van der Waals surface area contributed by atoms with Gasteiger partial charge in [-0.15, -0.1) is 0 Å². The number of hydrogen-bond acceptors (Lipinski definition) is 3. The van der Waals surface area contributed by atoms with Gasteiger partial charge >= 0.3 is 0 Å². The lowest BCUT2D eigenvalue weighted by molar-refractivity contribution is 0.198. The Hall–Kier alpha value is -1.06. The number of anilines is 1. The quantitative estimate of drug-likeness (QED) is 0.814. The number of benzene rings is 1. The molecule has 1 aromatic rings. The largest absolute Gasteiger partial charge is 0.391 e. The molecule has 0 spiro atoms. The van der Waals surface area contributed by atoms with Gasteiger partial charge in [0, 0.05) is 24.8 Å². The molecule has 0 saturated carbocycles. The Bertz CT molecular complexity index is 336. The predicted octanol–water partition coefficient (Wildman–Crippen LogP) is 1.67. The van der Waals surface area contributed by atoms with Crippen LogP contribution in [0.5, 0.6) is 0 Å². The predicted molar refractivity (Wildman–Crippen MR) is 66.5 cm³/mol. The minimum atomic E-state index is -0.169. The molecule has 0 amide bonds. The summed E-state index contributed by atoms with van der Waals surface area (Å²) in [5, 5.41) is 9.48. The number of rotatable bonds is 3. The lowest BCUT2D eigenvalue weighted by Crippen LogP contribution is -2.21. The molecule has 1 heterocycles. The zero-order chi connectivity index (χ0) is 11.5. The normalized spacial score (nSPS) is 22.4. The van der Waals surface area contributed by atoms with Crippen molar-refractivity contribution in [3.8, 4) is 0 Å². The van der Waals surface area contributed by atoms with E-state index in [1.54, 1.807) is 0 Å². The van der Waals surface area contributed by atoms with E-state index in [1.807, 2.05) is 0 Å². The van der Waals surface area contributed by atoms with Crippen molar-refractivity contribution in [1.29, 1.82) is 0 Å². The van der Waals surface area contributed by atoms with Crippen LogP contribution in [0.4, 0.5) is 5.69 Å². The van der Waals surface area contributed by atoms with E-state index < -0.39 is 0 Å². The molecule has 0 radical (unpaired) electrons. The highest BCUT2D eigenvalue weighted by Gasteiger charge is 2.20. The first kappa shape index (κ1) is 11.4. The van der Waals surface area contributed by atoms with Crippen molar-refractivity contribution in [2.45, 2.75) is 31.9 Å². The maximum atomic E-state index is 9.48. The summed E-state index contributed by atoms with van der Waals surface area (Å²) in [7, 11) is 0. The summed E-state index contributed by atoms with van der Waals surface area (Å²) in [5.41, 5.74) is 8.34. The van der Waals surface area contributed by atoms with E-state index in [9.17, 15) is 5.11 Å². The second-order valence-electron chi connectivity index (χ2n) is 4.49. The maximum Gasteiger partial charge on any atom is 0.0731 e. The monoisotopic (exact) mass is 220 g/mol. The van der Waals surface area contributed by atoms with Crippen LogP contribution in [-0.2, 0) is 0 Å². The van der Waals surface area contributed by atoms with Crippen LogP contribution in [0, 0.1) is 0 Å².